The molecule has 0 bridgehead atoms. The Morgan fingerprint density at radius 2 is 1.90 bits per heavy atom. The van der Waals surface area contributed by atoms with Crippen molar-refractivity contribution >= 4 is 11.6 Å². The van der Waals surface area contributed by atoms with Crippen molar-refractivity contribution in [2.45, 2.75) is 25.4 Å². The van der Waals surface area contributed by atoms with E-state index in [1.54, 1.807) is 24.3 Å². The summed E-state index contributed by atoms with van der Waals surface area (Å²) in [5.74, 6) is -2.93. The number of rotatable bonds is 6. The van der Waals surface area contributed by atoms with Gasteiger partial charge in [0, 0.05) is 5.71 Å². The maximum absolute atomic E-state index is 12.5. The second-order valence-electron chi connectivity index (χ2n) is 4.54. The van der Waals surface area contributed by atoms with Crippen LogP contribution in [0.4, 0.5) is 13.2 Å². The molecule has 0 spiro atoms. The first-order valence-electron chi connectivity index (χ1n) is 6.14. The third-order valence-electron chi connectivity index (χ3n) is 2.95. The molecular weight excluding hydrogens is 283 g/mol. The summed E-state index contributed by atoms with van der Waals surface area (Å²) in [5, 5.41) is 16.0. The van der Waals surface area contributed by atoms with Crippen molar-refractivity contribution in [3.05, 3.63) is 35.4 Å². The van der Waals surface area contributed by atoms with Crippen LogP contribution in [0.15, 0.2) is 24.3 Å². The molecule has 0 heterocycles. The first kappa shape index (κ1) is 16.7. The number of nitrogens with zero attached hydrogens (tertiary/aromatic N) is 1. The fraction of sp³-hybridized carbons (Fsp3) is 0.357. The summed E-state index contributed by atoms with van der Waals surface area (Å²) in [4.78, 5) is 10.9. The summed E-state index contributed by atoms with van der Waals surface area (Å²) in [6.45, 7) is 0. The summed E-state index contributed by atoms with van der Waals surface area (Å²) in [7, 11) is 0. The van der Waals surface area contributed by atoms with Gasteiger partial charge in [0.2, 0.25) is 5.91 Å². The van der Waals surface area contributed by atoms with Gasteiger partial charge in [-0.1, -0.05) is 24.3 Å². The lowest BCUT2D eigenvalue weighted by Gasteiger charge is -2.15. The van der Waals surface area contributed by atoms with E-state index in [9.17, 15) is 18.0 Å². The summed E-state index contributed by atoms with van der Waals surface area (Å²) >= 11 is 0. The summed E-state index contributed by atoms with van der Waals surface area (Å²) < 4.78 is 37.6. The molecule has 1 aromatic rings. The van der Waals surface area contributed by atoms with E-state index in [0.29, 0.717) is 11.1 Å². The molecule has 4 nitrogen and oxygen atoms in total. The van der Waals surface area contributed by atoms with Gasteiger partial charge < -0.3 is 11.1 Å². The Labute approximate surface area is 119 Å². The molecule has 0 radical (unpaired) electrons. The van der Waals surface area contributed by atoms with Crippen LogP contribution in [0.2, 0.25) is 0 Å². The van der Waals surface area contributed by atoms with Gasteiger partial charge in [-0.25, -0.2) is 0 Å². The van der Waals surface area contributed by atoms with E-state index < -0.39 is 23.7 Å². The van der Waals surface area contributed by atoms with Crippen molar-refractivity contribution < 1.29 is 18.0 Å². The highest BCUT2D eigenvalue weighted by Crippen LogP contribution is 2.28. The van der Waals surface area contributed by atoms with E-state index in [1.165, 1.54) is 0 Å². The molecule has 1 atom stereocenters. The zero-order valence-electron chi connectivity index (χ0n) is 11.1. The zero-order valence-corrected chi connectivity index (χ0v) is 11.1. The molecule has 1 aromatic carbocycles. The summed E-state index contributed by atoms with van der Waals surface area (Å²) in [5.41, 5.74) is 5.70. The number of hydrogen-bond donors (Lipinski definition) is 2. The van der Waals surface area contributed by atoms with E-state index >= 15 is 0 Å². The van der Waals surface area contributed by atoms with Crippen LogP contribution in [0.3, 0.4) is 0 Å². The van der Waals surface area contributed by atoms with E-state index in [-0.39, 0.29) is 19.3 Å². The quantitative estimate of drug-likeness (QED) is 0.789. The molecule has 0 aliphatic rings. The van der Waals surface area contributed by atoms with Crippen molar-refractivity contribution in [1.82, 2.24) is 0 Å². The number of halogens is 3. The second-order valence-corrected chi connectivity index (χ2v) is 4.54. The number of nitrogens with two attached hydrogens (primary N) is 1. The van der Waals surface area contributed by atoms with Crippen molar-refractivity contribution in [1.29, 1.82) is 10.7 Å². The number of hydrogen-bond acceptors (Lipinski definition) is 3. The molecule has 1 amide bonds. The molecule has 21 heavy (non-hydrogen) atoms. The van der Waals surface area contributed by atoms with Crippen LogP contribution in [0, 0.1) is 22.7 Å². The first-order valence-corrected chi connectivity index (χ1v) is 6.14. The lowest BCUT2D eigenvalue weighted by Crippen LogP contribution is -2.29. The monoisotopic (exact) mass is 297 g/mol. The topological polar surface area (TPSA) is 90.7 Å². The van der Waals surface area contributed by atoms with E-state index in [1.807, 2.05) is 0 Å². The van der Waals surface area contributed by atoms with Crippen molar-refractivity contribution in [3.63, 3.8) is 0 Å². The largest absolute Gasteiger partial charge is 0.409 e. The van der Waals surface area contributed by atoms with Crippen LogP contribution in [-0.4, -0.2) is 17.8 Å². The fourth-order valence-electron chi connectivity index (χ4n) is 1.92. The van der Waals surface area contributed by atoms with Gasteiger partial charge in [-0.15, -0.1) is 0 Å². The highest BCUT2D eigenvalue weighted by Gasteiger charge is 2.42. The number of carbonyl (C=O) groups is 1. The van der Waals surface area contributed by atoms with Crippen LogP contribution in [0.25, 0.3) is 0 Å². The average molecular weight is 297 g/mol. The fourth-order valence-corrected chi connectivity index (χ4v) is 1.92. The molecule has 7 heteroatoms. The molecule has 0 aliphatic carbocycles. The molecule has 0 aromatic heterocycles. The lowest BCUT2D eigenvalue weighted by molar-refractivity contribution is -0.142. The van der Waals surface area contributed by atoms with Crippen LogP contribution >= 0.6 is 0 Å². The van der Waals surface area contributed by atoms with Gasteiger partial charge in [-0.2, -0.15) is 18.4 Å². The summed E-state index contributed by atoms with van der Waals surface area (Å²) in [6.07, 6.45) is -4.80. The van der Waals surface area contributed by atoms with E-state index in [0.717, 1.165) is 6.07 Å². The third kappa shape index (κ3) is 4.91. The van der Waals surface area contributed by atoms with Gasteiger partial charge in [-0.05, 0) is 24.0 Å². The first-order chi connectivity index (χ1) is 9.75. The number of alkyl halides is 3. The van der Waals surface area contributed by atoms with Gasteiger partial charge in [-0.3, -0.25) is 4.79 Å². The predicted molar refractivity (Wildman–Crippen MR) is 70.5 cm³/mol. The Bertz CT molecular complexity index is 576. The second kappa shape index (κ2) is 6.88. The Balaban J connectivity index is 2.78. The normalized spacial score (nSPS) is 12.5. The predicted octanol–water partition coefficient (Wildman–Crippen LogP) is 2.37. The van der Waals surface area contributed by atoms with Crippen LogP contribution in [0.1, 0.15) is 17.5 Å². The SMILES string of the molecule is N#CC(C(=N)CCc1ccccc1CC(N)=O)C(F)(F)F. The molecule has 112 valence electrons. The van der Waals surface area contributed by atoms with Crippen molar-refractivity contribution in [2.24, 2.45) is 11.7 Å². The zero-order chi connectivity index (χ0) is 16.0. The number of nitriles is 1. The molecule has 1 rings (SSSR count). The van der Waals surface area contributed by atoms with Gasteiger partial charge in [0.25, 0.3) is 0 Å². The van der Waals surface area contributed by atoms with Gasteiger partial charge in [0.05, 0.1) is 12.5 Å². The van der Waals surface area contributed by atoms with Gasteiger partial charge in [0.1, 0.15) is 0 Å². The maximum atomic E-state index is 12.5. The highest BCUT2D eigenvalue weighted by atomic mass is 19.4. The number of nitrogens with one attached hydrogen (secondary N) is 1. The molecule has 1 unspecified atom stereocenters. The number of primary amides is 1. The smallest absolute Gasteiger partial charge is 0.369 e. The Kier molecular flexibility index (Phi) is 5.47. The Hall–Kier alpha value is -2.36. The van der Waals surface area contributed by atoms with E-state index in [4.69, 9.17) is 16.4 Å². The van der Waals surface area contributed by atoms with E-state index in [2.05, 4.69) is 0 Å². The molecule has 0 saturated heterocycles. The number of carbonyl (C=O) groups excluding carboxylic acids is 1. The minimum Gasteiger partial charge on any atom is -0.369 e. The number of amides is 1. The van der Waals surface area contributed by atoms with Gasteiger partial charge in [0.15, 0.2) is 5.92 Å². The van der Waals surface area contributed by atoms with Crippen molar-refractivity contribution in [2.75, 3.05) is 0 Å². The maximum Gasteiger partial charge on any atom is 0.409 e. The molecule has 0 aliphatic heterocycles. The van der Waals surface area contributed by atoms with Crippen LogP contribution in [0.5, 0.6) is 0 Å². The minimum absolute atomic E-state index is 0.00947. The number of aryl methyl sites for hydroxylation is 1. The van der Waals surface area contributed by atoms with Crippen molar-refractivity contribution in [3.8, 4) is 6.07 Å². The standard InChI is InChI=1S/C14H14F3N3O/c15-14(16,17)11(8-18)12(19)6-5-9-3-1-2-4-10(9)7-13(20)21/h1-4,11,19H,5-7H2,(H2,20,21). The number of benzene rings is 1. The van der Waals surface area contributed by atoms with Crippen LogP contribution in [-0.2, 0) is 17.6 Å². The molecular formula is C14H14F3N3O. The Morgan fingerprint density at radius 1 is 1.33 bits per heavy atom. The molecule has 0 saturated carbocycles. The highest BCUT2D eigenvalue weighted by molar-refractivity contribution is 5.87. The lowest BCUT2D eigenvalue weighted by atomic mass is 9.94. The van der Waals surface area contributed by atoms with Crippen LogP contribution < -0.4 is 5.73 Å². The molecule has 3 N–H and O–H groups in total. The third-order valence-corrected chi connectivity index (χ3v) is 2.95. The summed E-state index contributed by atoms with van der Waals surface area (Å²) in [6, 6.07) is 7.82. The molecule has 0 fully saturated rings. The van der Waals surface area contributed by atoms with Gasteiger partial charge >= 0.3 is 6.18 Å². The minimum atomic E-state index is -4.74. The average Bonchev–Trinajstić information content (AvgIpc) is 2.36. The Morgan fingerprint density at radius 3 is 2.38 bits per heavy atom.